The molecule has 118 valence electrons. The van der Waals surface area contributed by atoms with E-state index < -0.39 is 0 Å². The fourth-order valence-corrected chi connectivity index (χ4v) is 2.66. The summed E-state index contributed by atoms with van der Waals surface area (Å²) in [6.07, 6.45) is 3.35. The average Bonchev–Trinajstić information content (AvgIpc) is 2.50. The summed E-state index contributed by atoms with van der Waals surface area (Å²) in [5.74, 6) is 2.28. The van der Waals surface area contributed by atoms with Gasteiger partial charge in [0.05, 0.1) is 0 Å². The standard InChI is InChI=1S/C19H24O2S/c1-4-5-16-6-10-18(11-7-16)20-22-21-19-12-8-17(9-13-19)14-15(2)3/h6-13,15H,4-5,14H2,1-3H3. The smallest absolute Gasteiger partial charge is 0.293 e. The van der Waals surface area contributed by atoms with Gasteiger partial charge in [0, 0.05) is 0 Å². The molecule has 0 radical (unpaired) electrons. The van der Waals surface area contributed by atoms with Gasteiger partial charge in [-0.15, -0.1) is 0 Å². The summed E-state index contributed by atoms with van der Waals surface area (Å²) in [5.41, 5.74) is 2.67. The van der Waals surface area contributed by atoms with E-state index in [1.807, 2.05) is 24.3 Å². The largest absolute Gasteiger partial charge is 0.391 e. The zero-order chi connectivity index (χ0) is 15.8. The molecule has 0 aliphatic carbocycles. The van der Waals surface area contributed by atoms with Crippen molar-refractivity contribution < 1.29 is 8.37 Å². The summed E-state index contributed by atoms with van der Waals surface area (Å²) in [7, 11) is 0. The van der Waals surface area contributed by atoms with Gasteiger partial charge in [-0.3, -0.25) is 0 Å². The summed E-state index contributed by atoms with van der Waals surface area (Å²) in [5, 5.41) is 0. The highest BCUT2D eigenvalue weighted by Crippen LogP contribution is 2.22. The molecule has 0 spiro atoms. The summed E-state index contributed by atoms with van der Waals surface area (Å²) in [6, 6.07) is 16.3. The summed E-state index contributed by atoms with van der Waals surface area (Å²) >= 11 is 0.998. The van der Waals surface area contributed by atoms with Gasteiger partial charge in [-0.25, -0.2) is 0 Å². The molecule has 0 amide bonds. The topological polar surface area (TPSA) is 18.5 Å². The summed E-state index contributed by atoms with van der Waals surface area (Å²) < 4.78 is 11.1. The quantitative estimate of drug-likeness (QED) is 0.568. The van der Waals surface area contributed by atoms with Gasteiger partial charge in [-0.05, 0) is 54.2 Å². The zero-order valence-electron chi connectivity index (χ0n) is 13.5. The first-order valence-corrected chi connectivity index (χ1v) is 8.53. The Kier molecular flexibility index (Phi) is 6.66. The van der Waals surface area contributed by atoms with E-state index in [1.165, 1.54) is 11.1 Å². The molecule has 0 fully saturated rings. The Balaban J connectivity index is 1.78. The Morgan fingerprint density at radius 1 is 0.818 bits per heavy atom. The van der Waals surface area contributed by atoms with Crippen LogP contribution in [0.5, 0.6) is 11.5 Å². The molecule has 2 nitrogen and oxygen atoms in total. The number of hydrogen-bond acceptors (Lipinski definition) is 3. The number of aryl methyl sites for hydroxylation is 1. The van der Waals surface area contributed by atoms with Crippen molar-refractivity contribution in [3.05, 3.63) is 59.7 Å². The lowest BCUT2D eigenvalue weighted by molar-refractivity contribution is 0.540. The van der Waals surface area contributed by atoms with E-state index in [9.17, 15) is 0 Å². The molecule has 0 unspecified atom stereocenters. The molecule has 0 N–H and O–H groups in total. The minimum absolute atomic E-state index is 0.667. The first kappa shape index (κ1) is 16.8. The van der Waals surface area contributed by atoms with Crippen molar-refractivity contribution in [3.63, 3.8) is 0 Å². The molecule has 0 saturated heterocycles. The van der Waals surface area contributed by atoms with Crippen LogP contribution in [-0.4, -0.2) is 0 Å². The number of rotatable bonds is 8. The van der Waals surface area contributed by atoms with Crippen LogP contribution in [0.25, 0.3) is 0 Å². The van der Waals surface area contributed by atoms with E-state index in [2.05, 4.69) is 45.0 Å². The van der Waals surface area contributed by atoms with E-state index in [0.717, 1.165) is 43.1 Å². The molecule has 0 bridgehead atoms. The molecule has 0 aliphatic heterocycles. The van der Waals surface area contributed by atoms with Crippen molar-refractivity contribution in [2.75, 3.05) is 0 Å². The fraction of sp³-hybridized carbons (Fsp3) is 0.368. The molecule has 0 atom stereocenters. The molecular formula is C19H24O2S. The van der Waals surface area contributed by atoms with Gasteiger partial charge in [-0.2, -0.15) is 0 Å². The highest BCUT2D eigenvalue weighted by Gasteiger charge is 2.01. The SMILES string of the molecule is CCCc1ccc(OSOc2ccc(CC(C)C)cc2)cc1. The lowest BCUT2D eigenvalue weighted by Gasteiger charge is -2.07. The van der Waals surface area contributed by atoms with Crippen molar-refractivity contribution >= 4 is 12.3 Å². The Hall–Kier alpha value is -1.61. The van der Waals surface area contributed by atoms with Gasteiger partial charge in [0.1, 0.15) is 11.5 Å². The third-order valence-electron chi connectivity index (χ3n) is 3.29. The van der Waals surface area contributed by atoms with E-state index in [4.69, 9.17) is 8.37 Å². The molecule has 22 heavy (non-hydrogen) atoms. The lowest BCUT2D eigenvalue weighted by atomic mass is 10.0. The number of hydrogen-bond donors (Lipinski definition) is 0. The van der Waals surface area contributed by atoms with E-state index in [-0.39, 0.29) is 0 Å². The Morgan fingerprint density at radius 2 is 1.32 bits per heavy atom. The summed E-state index contributed by atoms with van der Waals surface area (Å²) in [4.78, 5) is 0. The Morgan fingerprint density at radius 3 is 1.77 bits per heavy atom. The predicted octanol–water partition coefficient (Wildman–Crippen LogP) is 5.86. The monoisotopic (exact) mass is 316 g/mol. The van der Waals surface area contributed by atoms with E-state index in [1.54, 1.807) is 0 Å². The highest BCUT2D eigenvalue weighted by molar-refractivity contribution is 7.90. The van der Waals surface area contributed by atoms with Crippen LogP contribution in [0.1, 0.15) is 38.3 Å². The van der Waals surface area contributed by atoms with Crippen LogP contribution < -0.4 is 8.37 Å². The minimum atomic E-state index is 0.667. The average molecular weight is 316 g/mol. The van der Waals surface area contributed by atoms with Crippen LogP contribution in [0.4, 0.5) is 0 Å². The van der Waals surface area contributed by atoms with Gasteiger partial charge in [0.15, 0.2) is 0 Å². The van der Waals surface area contributed by atoms with E-state index >= 15 is 0 Å². The van der Waals surface area contributed by atoms with Crippen LogP contribution in [-0.2, 0) is 12.8 Å². The van der Waals surface area contributed by atoms with Gasteiger partial charge in [-0.1, -0.05) is 51.5 Å². The normalized spacial score (nSPS) is 10.7. The maximum absolute atomic E-state index is 5.54. The van der Waals surface area contributed by atoms with Crippen molar-refractivity contribution in [1.29, 1.82) is 0 Å². The van der Waals surface area contributed by atoms with Crippen molar-refractivity contribution in [2.45, 2.75) is 40.0 Å². The molecular weight excluding hydrogens is 292 g/mol. The van der Waals surface area contributed by atoms with Crippen molar-refractivity contribution in [3.8, 4) is 11.5 Å². The first-order chi connectivity index (χ1) is 10.7. The fourth-order valence-electron chi connectivity index (χ4n) is 2.25. The molecule has 0 saturated carbocycles. The van der Waals surface area contributed by atoms with E-state index in [0.29, 0.717) is 5.92 Å². The maximum atomic E-state index is 5.54. The molecule has 0 aliphatic rings. The second kappa shape index (κ2) is 8.74. The minimum Gasteiger partial charge on any atom is -0.391 e. The maximum Gasteiger partial charge on any atom is 0.293 e. The third kappa shape index (κ3) is 5.64. The second-order valence-electron chi connectivity index (χ2n) is 5.87. The molecule has 2 aromatic carbocycles. The molecule has 0 heterocycles. The Bertz CT molecular complexity index is 547. The molecule has 0 aromatic heterocycles. The van der Waals surface area contributed by atoms with Crippen molar-refractivity contribution in [1.82, 2.24) is 0 Å². The molecule has 2 rings (SSSR count). The van der Waals surface area contributed by atoms with Crippen LogP contribution >= 0.6 is 12.3 Å². The molecule has 3 heteroatoms. The number of benzene rings is 2. The van der Waals surface area contributed by atoms with Gasteiger partial charge in [0.25, 0.3) is 12.3 Å². The second-order valence-corrected chi connectivity index (χ2v) is 6.34. The highest BCUT2D eigenvalue weighted by atomic mass is 32.2. The van der Waals surface area contributed by atoms with Crippen LogP contribution in [0, 0.1) is 5.92 Å². The molecule has 2 aromatic rings. The predicted molar refractivity (Wildman–Crippen MR) is 94.3 cm³/mol. The lowest BCUT2D eigenvalue weighted by Crippen LogP contribution is -1.94. The van der Waals surface area contributed by atoms with Gasteiger partial charge < -0.3 is 8.37 Å². The zero-order valence-corrected chi connectivity index (χ0v) is 14.4. The van der Waals surface area contributed by atoms with Crippen molar-refractivity contribution in [2.24, 2.45) is 5.92 Å². The van der Waals surface area contributed by atoms with Crippen LogP contribution in [0.3, 0.4) is 0 Å². The summed E-state index contributed by atoms with van der Waals surface area (Å²) in [6.45, 7) is 6.63. The van der Waals surface area contributed by atoms with Gasteiger partial charge >= 0.3 is 0 Å². The van der Waals surface area contributed by atoms with Crippen LogP contribution in [0.2, 0.25) is 0 Å². The van der Waals surface area contributed by atoms with Crippen LogP contribution in [0.15, 0.2) is 48.5 Å². The first-order valence-electron chi connectivity index (χ1n) is 7.86. The Labute approximate surface area is 138 Å². The van der Waals surface area contributed by atoms with Gasteiger partial charge in [0.2, 0.25) is 0 Å². The third-order valence-corrected chi connectivity index (χ3v) is 3.81.